The average molecular weight is 202 g/mol. The summed E-state index contributed by atoms with van der Waals surface area (Å²) in [6, 6.07) is 9.87. The van der Waals surface area contributed by atoms with Gasteiger partial charge in [0.2, 0.25) is 0 Å². The first-order valence-electron chi connectivity index (χ1n) is 5.11. The van der Waals surface area contributed by atoms with Crippen LogP contribution in [-0.4, -0.2) is 17.4 Å². The number of Topliss-reactive ketones (excluding diaryl/α,β-unsaturated/α-hetero) is 1. The zero-order valence-electron chi connectivity index (χ0n) is 8.97. The number of rotatable bonds is 2. The van der Waals surface area contributed by atoms with Crippen LogP contribution in [0.25, 0.3) is 10.8 Å². The Kier molecular flexibility index (Phi) is 2.09. The summed E-state index contributed by atoms with van der Waals surface area (Å²) in [6.07, 6.45) is 0. The number of fused-ring (bicyclic) bond motifs is 1. The number of benzene rings is 2. The lowest BCUT2D eigenvalue weighted by molar-refractivity contribution is 0.100. The molecule has 1 unspecified atom stereocenters. The first-order chi connectivity index (χ1) is 7.59. The van der Waals surface area contributed by atoms with Crippen LogP contribution in [0.1, 0.15) is 11.7 Å². The van der Waals surface area contributed by atoms with Crippen molar-refractivity contribution in [1.29, 1.82) is 0 Å². The Labute approximate surface area is 88.5 Å². The minimum atomic E-state index is -1.26. The van der Waals surface area contributed by atoms with Gasteiger partial charge in [-0.15, -0.1) is 0 Å². The highest BCUT2D eigenvalue weighted by Crippen LogP contribution is 2.23. The molecule has 1 atom stereocenters. The number of carbonyl (C=O) groups excluding carboxylic acids is 1. The van der Waals surface area contributed by atoms with E-state index in [1.54, 1.807) is 30.3 Å². The summed E-state index contributed by atoms with van der Waals surface area (Å²) in [7, 11) is 0. The molecule has 0 aliphatic rings. The first kappa shape index (κ1) is 8.44. The zero-order chi connectivity index (χ0) is 11.7. The van der Waals surface area contributed by atoms with E-state index in [0.29, 0.717) is 10.9 Å². The van der Waals surface area contributed by atoms with Crippen LogP contribution in [0.5, 0.6) is 5.75 Å². The maximum absolute atomic E-state index is 11.7. The third kappa shape index (κ3) is 1.69. The van der Waals surface area contributed by atoms with Crippen molar-refractivity contribution >= 4 is 16.6 Å². The minimum absolute atomic E-state index is 0.146. The summed E-state index contributed by atoms with van der Waals surface area (Å²) in [5.41, 5.74) is 5.67. The number of carbonyl (C=O) groups is 1. The first-order valence-corrected chi connectivity index (χ1v) is 4.53. The molecule has 3 nitrogen and oxygen atoms in total. The molecule has 3 N–H and O–H groups in total. The molecule has 0 saturated carbocycles. The Balaban J connectivity index is 2.67. The highest BCUT2D eigenvalue weighted by Gasteiger charge is 2.07. The van der Waals surface area contributed by atoms with Gasteiger partial charge in [0, 0.05) is 5.56 Å². The van der Waals surface area contributed by atoms with Gasteiger partial charge in [0.25, 0.3) is 0 Å². The van der Waals surface area contributed by atoms with Gasteiger partial charge in [-0.2, -0.15) is 0 Å². The fourth-order valence-electron chi connectivity index (χ4n) is 1.58. The van der Waals surface area contributed by atoms with Crippen molar-refractivity contribution in [3.8, 4) is 5.75 Å². The third-order valence-electron chi connectivity index (χ3n) is 2.28. The maximum atomic E-state index is 11.7. The summed E-state index contributed by atoms with van der Waals surface area (Å²) in [4.78, 5) is 11.7. The van der Waals surface area contributed by atoms with Gasteiger partial charge >= 0.3 is 0 Å². The molecule has 0 fully saturated rings. The van der Waals surface area contributed by atoms with Gasteiger partial charge in [0.1, 0.15) is 5.75 Å². The van der Waals surface area contributed by atoms with Gasteiger partial charge in [0.05, 0.1) is 7.89 Å². The second-order valence-electron chi connectivity index (χ2n) is 3.24. The quantitative estimate of drug-likeness (QED) is 0.728. The summed E-state index contributed by atoms with van der Waals surface area (Å²) >= 11 is 0. The highest BCUT2D eigenvalue weighted by molar-refractivity contribution is 6.09. The Hall–Kier alpha value is -1.87. The Bertz CT molecular complexity index is 552. The molecule has 0 amide bonds. The minimum Gasteiger partial charge on any atom is -0.508 e. The van der Waals surface area contributed by atoms with Gasteiger partial charge in [-0.3, -0.25) is 4.79 Å². The number of hydrogen-bond acceptors (Lipinski definition) is 3. The highest BCUT2D eigenvalue weighted by atomic mass is 16.3. The molecule has 0 radical (unpaired) electrons. The molecule has 15 heavy (non-hydrogen) atoms. The fourth-order valence-corrected chi connectivity index (χ4v) is 1.58. The van der Waals surface area contributed by atoms with Crippen molar-refractivity contribution in [2.45, 2.75) is 0 Å². The monoisotopic (exact) mass is 202 g/mol. The fraction of sp³-hybridized carbons (Fsp3) is 0.0833. The average Bonchev–Trinajstić information content (AvgIpc) is 2.26. The van der Waals surface area contributed by atoms with E-state index in [4.69, 9.17) is 7.10 Å². The van der Waals surface area contributed by atoms with E-state index in [1.165, 1.54) is 6.07 Å². The van der Waals surface area contributed by atoms with Gasteiger partial charge in [-0.1, -0.05) is 18.2 Å². The van der Waals surface area contributed by atoms with Crippen LogP contribution in [-0.2, 0) is 0 Å². The zero-order valence-corrected chi connectivity index (χ0v) is 7.97. The van der Waals surface area contributed by atoms with Gasteiger partial charge in [0.15, 0.2) is 5.78 Å². The lowest BCUT2D eigenvalue weighted by Crippen LogP contribution is -2.13. The van der Waals surface area contributed by atoms with Gasteiger partial charge in [-0.05, 0) is 29.0 Å². The van der Waals surface area contributed by atoms with E-state index in [2.05, 4.69) is 0 Å². The predicted molar refractivity (Wildman–Crippen MR) is 59.0 cm³/mol. The summed E-state index contributed by atoms with van der Waals surface area (Å²) in [5, 5.41) is 10.8. The summed E-state index contributed by atoms with van der Waals surface area (Å²) < 4.78 is 7.22. The van der Waals surface area contributed by atoms with Crippen LogP contribution in [0.15, 0.2) is 36.4 Å². The molecule has 3 heteroatoms. The molecular formula is C12H11NO2. The molecule has 0 aliphatic carbocycles. The number of phenolic OH excluding ortho intramolecular Hbond substituents is 1. The van der Waals surface area contributed by atoms with Crippen molar-refractivity contribution in [2.24, 2.45) is 5.73 Å². The lowest BCUT2D eigenvalue weighted by Gasteiger charge is -2.04. The topological polar surface area (TPSA) is 63.3 Å². The second-order valence-corrected chi connectivity index (χ2v) is 3.24. The van der Waals surface area contributed by atoms with Crippen molar-refractivity contribution in [3.63, 3.8) is 0 Å². The summed E-state index contributed by atoms with van der Waals surface area (Å²) in [5.74, 6) is -0.274. The van der Waals surface area contributed by atoms with Crippen molar-refractivity contribution in [3.05, 3.63) is 42.0 Å². The number of aromatic hydroxyl groups is 1. The number of phenols is 1. The maximum Gasteiger partial charge on any atom is 0.176 e. The molecule has 0 bridgehead atoms. The Morgan fingerprint density at radius 2 is 2.20 bits per heavy atom. The SMILES string of the molecule is [2H]C(N)C(=O)c1cccc2cc(O)ccc12. The number of ketones is 1. The standard InChI is InChI=1S/C12H11NO2/c13-7-12(15)11-3-1-2-8-6-9(14)4-5-10(8)11/h1-6,14H,7,13H2/i7D. The Morgan fingerprint density at radius 3 is 2.93 bits per heavy atom. The third-order valence-corrected chi connectivity index (χ3v) is 2.28. The van der Waals surface area contributed by atoms with E-state index in [-0.39, 0.29) is 5.75 Å². The van der Waals surface area contributed by atoms with E-state index in [0.717, 1.165) is 5.39 Å². The van der Waals surface area contributed by atoms with E-state index < -0.39 is 12.3 Å². The van der Waals surface area contributed by atoms with Gasteiger partial charge in [-0.25, -0.2) is 0 Å². The van der Waals surface area contributed by atoms with Crippen LogP contribution in [0, 0.1) is 0 Å². The van der Waals surface area contributed by atoms with Crippen LogP contribution in [0.2, 0.25) is 0 Å². The number of nitrogens with two attached hydrogens (primary N) is 1. The molecule has 2 aromatic rings. The Morgan fingerprint density at radius 1 is 1.40 bits per heavy atom. The van der Waals surface area contributed by atoms with Crippen LogP contribution >= 0.6 is 0 Å². The van der Waals surface area contributed by atoms with Crippen molar-refractivity contribution in [1.82, 2.24) is 0 Å². The summed E-state index contributed by atoms with van der Waals surface area (Å²) in [6.45, 7) is -1.26. The van der Waals surface area contributed by atoms with E-state index in [9.17, 15) is 9.90 Å². The molecule has 0 heterocycles. The lowest BCUT2D eigenvalue weighted by atomic mass is 10.0. The molecule has 0 aliphatic heterocycles. The normalized spacial score (nSPS) is 13.5. The molecule has 2 aromatic carbocycles. The smallest absolute Gasteiger partial charge is 0.176 e. The molecule has 76 valence electrons. The molecule has 0 saturated heterocycles. The number of hydrogen-bond donors (Lipinski definition) is 2. The molecule has 2 rings (SSSR count). The van der Waals surface area contributed by atoms with E-state index in [1.807, 2.05) is 0 Å². The van der Waals surface area contributed by atoms with Crippen LogP contribution in [0.4, 0.5) is 0 Å². The largest absolute Gasteiger partial charge is 0.508 e. The predicted octanol–water partition coefficient (Wildman–Crippen LogP) is 1.69. The van der Waals surface area contributed by atoms with Crippen LogP contribution < -0.4 is 5.73 Å². The van der Waals surface area contributed by atoms with Gasteiger partial charge < -0.3 is 10.8 Å². The van der Waals surface area contributed by atoms with Crippen molar-refractivity contribution in [2.75, 3.05) is 6.52 Å². The molecule has 0 spiro atoms. The molecule has 0 aromatic heterocycles. The van der Waals surface area contributed by atoms with Crippen molar-refractivity contribution < 1.29 is 11.3 Å². The molecular weight excluding hydrogens is 190 g/mol. The van der Waals surface area contributed by atoms with E-state index >= 15 is 0 Å². The second kappa shape index (κ2) is 3.71. The van der Waals surface area contributed by atoms with Crippen LogP contribution in [0.3, 0.4) is 0 Å².